The van der Waals surface area contributed by atoms with Crippen LogP contribution in [0.25, 0.3) is 11.3 Å². The highest BCUT2D eigenvalue weighted by atomic mass is 16.5. The molecule has 3 rings (SSSR count). The van der Waals surface area contributed by atoms with Gasteiger partial charge in [0.25, 0.3) is 5.91 Å². The van der Waals surface area contributed by atoms with Crippen LogP contribution in [0.5, 0.6) is 0 Å². The number of carbonyl (C=O) groups is 3. The van der Waals surface area contributed by atoms with E-state index in [9.17, 15) is 14.4 Å². The number of methoxy groups -OCH3 is 1. The molecule has 152 valence electrons. The van der Waals surface area contributed by atoms with Crippen molar-refractivity contribution >= 4 is 29.7 Å². The van der Waals surface area contributed by atoms with Crippen molar-refractivity contribution in [2.45, 2.75) is 6.92 Å². The van der Waals surface area contributed by atoms with Gasteiger partial charge in [-0.15, -0.1) is 0 Å². The average Bonchev–Trinajstić information content (AvgIpc) is 3.22. The molecule has 1 heterocycles. The number of hydrogen-bond donors (Lipinski definition) is 2. The molecule has 8 nitrogen and oxygen atoms in total. The number of rotatable bonds is 6. The third kappa shape index (κ3) is 5.20. The Bertz CT molecular complexity index is 1120. The zero-order valence-electron chi connectivity index (χ0n) is 16.3. The second-order valence-corrected chi connectivity index (χ2v) is 6.24. The summed E-state index contributed by atoms with van der Waals surface area (Å²) in [5, 5.41) is 6.51. The van der Waals surface area contributed by atoms with Crippen molar-refractivity contribution < 1.29 is 23.5 Å². The zero-order chi connectivity index (χ0) is 21.5. The van der Waals surface area contributed by atoms with E-state index in [-0.39, 0.29) is 5.91 Å². The van der Waals surface area contributed by atoms with Gasteiger partial charge in [-0.25, -0.2) is 10.2 Å². The van der Waals surface area contributed by atoms with Gasteiger partial charge in [-0.3, -0.25) is 9.59 Å². The topological polar surface area (TPSA) is 110 Å². The summed E-state index contributed by atoms with van der Waals surface area (Å²) in [7, 11) is 1.32. The molecule has 0 saturated heterocycles. The summed E-state index contributed by atoms with van der Waals surface area (Å²) in [4.78, 5) is 35.0. The summed E-state index contributed by atoms with van der Waals surface area (Å²) in [6, 6.07) is 16.8. The highest BCUT2D eigenvalue weighted by Gasteiger charge is 2.10. The number of carbonyl (C=O) groups excluding carboxylic acids is 3. The molecule has 0 radical (unpaired) electrons. The third-order valence-electron chi connectivity index (χ3n) is 4.00. The van der Waals surface area contributed by atoms with Crippen LogP contribution in [0.3, 0.4) is 0 Å². The molecule has 30 heavy (non-hydrogen) atoms. The molecule has 1 aromatic heterocycles. The van der Waals surface area contributed by atoms with E-state index in [1.54, 1.807) is 60.7 Å². The summed E-state index contributed by atoms with van der Waals surface area (Å²) in [6.45, 7) is 1.39. The number of ether oxygens (including phenoxy) is 1. The Morgan fingerprint density at radius 2 is 1.77 bits per heavy atom. The first-order valence-electron chi connectivity index (χ1n) is 8.96. The molecular weight excluding hydrogens is 386 g/mol. The van der Waals surface area contributed by atoms with E-state index in [0.29, 0.717) is 33.9 Å². The molecule has 0 aliphatic carbocycles. The molecule has 0 spiro atoms. The molecule has 0 saturated carbocycles. The predicted octanol–water partition coefficient (Wildman–Crippen LogP) is 3.46. The largest absolute Gasteiger partial charge is 0.465 e. The number of amides is 2. The van der Waals surface area contributed by atoms with Gasteiger partial charge in [0, 0.05) is 23.7 Å². The van der Waals surface area contributed by atoms with Gasteiger partial charge in [0.2, 0.25) is 5.91 Å². The van der Waals surface area contributed by atoms with E-state index in [0.717, 1.165) is 0 Å². The Labute approximate surface area is 172 Å². The molecule has 0 atom stereocenters. The van der Waals surface area contributed by atoms with Gasteiger partial charge in [0.1, 0.15) is 11.5 Å². The van der Waals surface area contributed by atoms with Gasteiger partial charge in [0.15, 0.2) is 0 Å². The fourth-order valence-electron chi connectivity index (χ4n) is 2.66. The van der Waals surface area contributed by atoms with Crippen molar-refractivity contribution in [1.82, 2.24) is 5.43 Å². The van der Waals surface area contributed by atoms with Crippen LogP contribution in [0.2, 0.25) is 0 Å². The predicted molar refractivity (Wildman–Crippen MR) is 111 cm³/mol. The fourth-order valence-corrected chi connectivity index (χ4v) is 2.66. The molecule has 0 aliphatic rings. The first-order chi connectivity index (χ1) is 14.5. The molecule has 2 aromatic carbocycles. The molecule has 0 bridgehead atoms. The summed E-state index contributed by atoms with van der Waals surface area (Å²) in [5.74, 6) is -0.139. The number of nitrogens with one attached hydrogen (secondary N) is 2. The molecular formula is C22H19N3O5. The van der Waals surface area contributed by atoms with Crippen molar-refractivity contribution in [3.8, 4) is 11.3 Å². The Hall–Kier alpha value is -4.20. The van der Waals surface area contributed by atoms with Gasteiger partial charge in [-0.2, -0.15) is 5.10 Å². The van der Waals surface area contributed by atoms with Crippen LogP contribution in [0.15, 0.2) is 70.2 Å². The summed E-state index contributed by atoms with van der Waals surface area (Å²) in [6.07, 6.45) is 1.36. The van der Waals surface area contributed by atoms with E-state index in [1.165, 1.54) is 20.2 Å². The molecule has 0 unspecified atom stereocenters. The van der Waals surface area contributed by atoms with E-state index in [1.807, 2.05) is 0 Å². The smallest absolute Gasteiger partial charge is 0.337 e. The highest BCUT2D eigenvalue weighted by Crippen LogP contribution is 2.23. The number of esters is 1. The number of anilines is 1. The van der Waals surface area contributed by atoms with Crippen LogP contribution >= 0.6 is 0 Å². The van der Waals surface area contributed by atoms with Gasteiger partial charge in [0.05, 0.1) is 18.9 Å². The van der Waals surface area contributed by atoms with Crippen molar-refractivity contribution in [3.05, 3.63) is 77.6 Å². The molecule has 3 aromatic rings. The SMILES string of the molecule is COC(=O)c1cccc(-c2ccc(/C=N\NC(=O)c3cccc(NC(C)=O)c3)o2)c1. The molecule has 0 aliphatic heterocycles. The van der Waals surface area contributed by atoms with Crippen LogP contribution in [0.1, 0.15) is 33.4 Å². The van der Waals surface area contributed by atoms with Gasteiger partial charge >= 0.3 is 5.97 Å². The Kier molecular flexibility index (Phi) is 6.39. The molecule has 8 heteroatoms. The lowest BCUT2D eigenvalue weighted by molar-refractivity contribution is -0.114. The van der Waals surface area contributed by atoms with Crippen molar-refractivity contribution in [2.24, 2.45) is 5.10 Å². The normalized spacial score (nSPS) is 10.6. The highest BCUT2D eigenvalue weighted by molar-refractivity contribution is 5.97. The minimum atomic E-state index is -0.435. The average molecular weight is 405 g/mol. The van der Waals surface area contributed by atoms with Crippen molar-refractivity contribution in [2.75, 3.05) is 12.4 Å². The Morgan fingerprint density at radius 1 is 1.00 bits per heavy atom. The fraction of sp³-hybridized carbons (Fsp3) is 0.0909. The van der Waals surface area contributed by atoms with Crippen LogP contribution in [0.4, 0.5) is 5.69 Å². The van der Waals surface area contributed by atoms with Crippen LogP contribution in [0, 0.1) is 0 Å². The van der Waals surface area contributed by atoms with Crippen LogP contribution < -0.4 is 10.7 Å². The van der Waals surface area contributed by atoms with E-state index >= 15 is 0 Å². The van der Waals surface area contributed by atoms with E-state index < -0.39 is 11.9 Å². The quantitative estimate of drug-likeness (QED) is 0.371. The minimum absolute atomic E-state index is 0.226. The second-order valence-electron chi connectivity index (χ2n) is 6.24. The lowest BCUT2D eigenvalue weighted by atomic mass is 10.1. The monoisotopic (exact) mass is 405 g/mol. The summed E-state index contributed by atoms with van der Waals surface area (Å²) >= 11 is 0. The number of hydrogen-bond acceptors (Lipinski definition) is 6. The summed E-state index contributed by atoms with van der Waals surface area (Å²) in [5.41, 5.74) is 4.39. The maximum atomic E-state index is 12.2. The number of furan rings is 1. The maximum Gasteiger partial charge on any atom is 0.337 e. The summed E-state index contributed by atoms with van der Waals surface area (Å²) < 4.78 is 10.4. The van der Waals surface area contributed by atoms with E-state index in [2.05, 4.69) is 15.8 Å². The van der Waals surface area contributed by atoms with Crippen LogP contribution in [-0.2, 0) is 9.53 Å². The van der Waals surface area contributed by atoms with Gasteiger partial charge in [-0.05, 0) is 42.5 Å². The lowest BCUT2D eigenvalue weighted by Crippen LogP contribution is -2.18. The molecule has 2 N–H and O–H groups in total. The first kappa shape index (κ1) is 20.5. The number of nitrogens with zero attached hydrogens (tertiary/aromatic N) is 1. The zero-order valence-corrected chi connectivity index (χ0v) is 16.3. The Balaban J connectivity index is 1.66. The minimum Gasteiger partial charge on any atom is -0.465 e. The number of hydrazone groups is 1. The second kappa shape index (κ2) is 9.33. The third-order valence-corrected chi connectivity index (χ3v) is 4.00. The molecule has 0 fully saturated rings. The number of benzene rings is 2. The van der Waals surface area contributed by atoms with Crippen LogP contribution in [-0.4, -0.2) is 31.1 Å². The molecule has 2 amide bonds. The van der Waals surface area contributed by atoms with Crippen molar-refractivity contribution in [1.29, 1.82) is 0 Å². The first-order valence-corrected chi connectivity index (χ1v) is 8.96. The Morgan fingerprint density at radius 3 is 2.53 bits per heavy atom. The van der Waals surface area contributed by atoms with Gasteiger partial charge in [-0.1, -0.05) is 18.2 Å². The van der Waals surface area contributed by atoms with E-state index in [4.69, 9.17) is 9.15 Å². The lowest BCUT2D eigenvalue weighted by Gasteiger charge is -2.04. The van der Waals surface area contributed by atoms with Crippen molar-refractivity contribution in [3.63, 3.8) is 0 Å². The maximum absolute atomic E-state index is 12.2. The standard InChI is InChI=1S/C22H19N3O5/c1-14(26)24-18-8-4-6-16(12-18)21(27)25-23-13-19-9-10-20(30-19)15-5-3-7-17(11-15)22(28)29-2/h3-13H,1-2H3,(H,24,26)(H,25,27)/b23-13-. The van der Waals surface area contributed by atoms with Gasteiger partial charge < -0.3 is 14.5 Å².